The minimum absolute atomic E-state index is 0.00311. The summed E-state index contributed by atoms with van der Waals surface area (Å²) in [6.45, 7) is 14.0. The van der Waals surface area contributed by atoms with E-state index in [0.717, 1.165) is 31.9 Å². The minimum atomic E-state index is -0.738. The van der Waals surface area contributed by atoms with E-state index in [-0.39, 0.29) is 51.7 Å². The van der Waals surface area contributed by atoms with E-state index in [4.69, 9.17) is 15.9 Å². The van der Waals surface area contributed by atoms with E-state index >= 15 is 0 Å². The van der Waals surface area contributed by atoms with Crippen LogP contribution in [0, 0.1) is 34.0 Å². The van der Waals surface area contributed by atoms with Crippen molar-refractivity contribution in [2.45, 2.75) is 66.3 Å². The second-order valence-corrected chi connectivity index (χ2v) is 11.7. The third kappa shape index (κ3) is 6.21. The molecule has 2 aliphatic rings. The largest absolute Gasteiger partial charge is 0.508 e. The van der Waals surface area contributed by atoms with Crippen LogP contribution in [0.2, 0.25) is 0 Å². The normalized spacial score (nSPS) is 29.3. The summed E-state index contributed by atoms with van der Waals surface area (Å²) in [6.07, 6.45) is 9.26. The second kappa shape index (κ2) is 11.1. The van der Waals surface area contributed by atoms with E-state index in [9.17, 15) is 14.7 Å². The number of alkyl carbamates (subject to hydrolysis) is 1. The van der Waals surface area contributed by atoms with Gasteiger partial charge in [-0.25, -0.2) is 4.79 Å². The first-order valence-electron chi connectivity index (χ1n) is 13.0. The van der Waals surface area contributed by atoms with E-state index < -0.39 is 6.09 Å². The van der Waals surface area contributed by atoms with E-state index in [0.29, 0.717) is 17.0 Å². The van der Waals surface area contributed by atoms with Crippen molar-refractivity contribution in [2.75, 3.05) is 0 Å². The number of rotatable bonds is 7. The highest BCUT2D eigenvalue weighted by molar-refractivity contribution is 5.99. The lowest BCUT2D eigenvalue weighted by atomic mass is 9.45. The fraction of sp³-hybridized carbons (Fsp3) is 0.500. The van der Waals surface area contributed by atoms with Gasteiger partial charge in [0.05, 0.1) is 11.5 Å². The van der Waals surface area contributed by atoms with E-state index in [1.165, 1.54) is 12.1 Å². The fourth-order valence-electron chi connectivity index (χ4n) is 6.74. The molecule has 1 aromatic carbocycles. The van der Waals surface area contributed by atoms with Crippen LogP contribution in [0.1, 0.15) is 76.2 Å². The first-order chi connectivity index (χ1) is 17.3. The average molecular weight is 508 g/mol. The van der Waals surface area contributed by atoms with Crippen LogP contribution in [0.25, 0.3) is 6.08 Å². The van der Waals surface area contributed by atoms with Gasteiger partial charge in [0.2, 0.25) is 0 Å². The van der Waals surface area contributed by atoms with Gasteiger partial charge in [-0.2, -0.15) is 0 Å². The quantitative estimate of drug-likeness (QED) is 0.151. The number of benzene rings is 1. The van der Waals surface area contributed by atoms with Crippen molar-refractivity contribution in [1.29, 1.82) is 5.41 Å². The molecule has 7 heteroatoms. The van der Waals surface area contributed by atoms with Gasteiger partial charge in [0, 0.05) is 23.7 Å². The first-order valence-corrected chi connectivity index (χ1v) is 13.0. The SMILES string of the molecule is C=C(C)OC(=O)N/C(C=N)=C/C=C/c1cc(O)cc(C(=O)[C@H]2[C@H](C)[C@H](N)C[C@H]3C(C)(C)CCC[C@]23C)c1. The third-order valence-electron chi connectivity index (χ3n) is 8.44. The number of ether oxygens (including phenoxy) is 1. The number of phenols is 1. The Morgan fingerprint density at radius 2 is 1.95 bits per heavy atom. The number of fused-ring (bicyclic) bond motifs is 1. The molecule has 2 saturated carbocycles. The lowest BCUT2D eigenvalue weighted by molar-refractivity contribution is -0.0865. The summed E-state index contributed by atoms with van der Waals surface area (Å²) in [5.74, 6) is 0.431. The maximum Gasteiger partial charge on any atom is 0.416 e. The van der Waals surface area contributed by atoms with Crippen LogP contribution in [0.5, 0.6) is 5.75 Å². The predicted octanol–water partition coefficient (Wildman–Crippen LogP) is 6.20. The van der Waals surface area contributed by atoms with Gasteiger partial charge in [-0.05, 0) is 78.7 Å². The molecule has 7 nitrogen and oxygen atoms in total. The van der Waals surface area contributed by atoms with E-state index in [1.807, 2.05) is 0 Å². The number of carbonyl (C=O) groups is 2. The van der Waals surface area contributed by atoms with Gasteiger partial charge in [-0.3, -0.25) is 10.1 Å². The second-order valence-electron chi connectivity index (χ2n) is 11.7. The molecule has 0 saturated heterocycles. The highest BCUT2D eigenvalue weighted by Crippen LogP contribution is 2.61. The molecule has 0 radical (unpaired) electrons. The molecule has 2 aliphatic carbocycles. The van der Waals surface area contributed by atoms with Gasteiger partial charge in [-0.1, -0.05) is 52.8 Å². The molecular weight excluding hydrogens is 466 g/mol. The zero-order valence-electron chi connectivity index (χ0n) is 22.6. The molecule has 5 N–H and O–H groups in total. The van der Waals surface area contributed by atoms with Crippen molar-refractivity contribution in [3.63, 3.8) is 0 Å². The number of phenolic OH excluding ortho intramolecular Hbond substituents is 1. The Morgan fingerprint density at radius 1 is 1.24 bits per heavy atom. The summed E-state index contributed by atoms with van der Waals surface area (Å²) in [5.41, 5.74) is 7.90. The molecule has 5 atom stereocenters. The van der Waals surface area contributed by atoms with Crippen molar-refractivity contribution >= 4 is 24.2 Å². The van der Waals surface area contributed by atoms with Crippen LogP contribution in [0.4, 0.5) is 4.79 Å². The number of allylic oxidation sites excluding steroid dienone is 4. The summed E-state index contributed by atoms with van der Waals surface area (Å²) in [4.78, 5) is 25.8. The molecular formula is C30H41N3O4. The summed E-state index contributed by atoms with van der Waals surface area (Å²) in [6, 6.07) is 4.83. The van der Waals surface area contributed by atoms with E-state index in [1.54, 1.807) is 31.2 Å². The first kappa shape index (κ1) is 28.4. The zero-order chi connectivity index (χ0) is 27.5. The van der Waals surface area contributed by atoms with Crippen LogP contribution < -0.4 is 11.1 Å². The standard InChI is InChI=1S/C30H41N3O4/c1-18(2)37-28(36)33-22(17-31)10-7-9-20-13-21(15-23(34)14-20)27(35)26-19(3)24(32)16-25-29(4,5)11-8-12-30(25,26)6/h7,9-10,13-15,17,19,24-26,31,34H,1,8,11-12,16,32H2,2-6H3,(H,33,36)/b9-7+,22-10+,31-17?/t19-,24-,25+,26-,30+/m1/s1. The van der Waals surface area contributed by atoms with Gasteiger partial charge in [0.15, 0.2) is 5.78 Å². The number of nitrogens with two attached hydrogens (primary N) is 1. The van der Waals surface area contributed by atoms with Crippen LogP contribution in [-0.2, 0) is 4.74 Å². The molecule has 2 fully saturated rings. The highest BCUT2D eigenvalue weighted by Gasteiger charge is 2.57. The van der Waals surface area contributed by atoms with Crippen LogP contribution in [0.3, 0.4) is 0 Å². The van der Waals surface area contributed by atoms with Crippen molar-refractivity contribution in [3.05, 3.63) is 59.5 Å². The fourth-order valence-corrected chi connectivity index (χ4v) is 6.74. The van der Waals surface area contributed by atoms with Gasteiger partial charge >= 0.3 is 6.09 Å². The number of carbonyl (C=O) groups excluding carboxylic acids is 2. The maximum absolute atomic E-state index is 14.1. The number of aromatic hydroxyl groups is 1. The van der Waals surface area contributed by atoms with Crippen molar-refractivity contribution in [1.82, 2.24) is 5.32 Å². The molecule has 37 heavy (non-hydrogen) atoms. The molecule has 0 aliphatic heterocycles. The smallest absolute Gasteiger partial charge is 0.416 e. The summed E-state index contributed by atoms with van der Waals surface area (Å²) in [5, 5.41) is 20.4. The zero-order valence-corrected chi connectivity index (χ0v) is 22.6. The molecule has 1 aromatic rings. The van der Waals surface area contributed by atoms with Crippen LogP contribution in [-0.4, -0.2) is 29.2 Å². The molecule has 1 amide bonds. The molecule has 0 bridgehead atoms. The Bertz CT molecular complexity index is 1140. The van der Waals surface area contributed by atoms with Crippen molar-refractivity contribution < 1.29 is 19.4 Å². The molecule has 0 spiro atoms. The molecule has 0 aromatic heterocycles. The van der Waals surface area contributed by atoms with Gasteiger partial charge in [0.1, 0.15) is 5.75 Å². The third-order valence-corrected chi connectivity index (χ3v) is 8.44. The Morgan fingerprint density at radius 3 is 2.59 bits per heavy atom. The summed E-state index contributed by atoms with van der Waals surface area (Å²) in [7, 11) is 0. The monoisotopic (exact) mass is 507 g/mol. The Balaban J connectivity index is 1.89. The lowest BCUT2D eigenvalue weighted by Crippen LogP contribution is -2.59. The molecule has 0 heterocycles. The lowest BCUT2D eigenvalue weighted by Gasteiger charge is -2.60. The van der Waals surface area contributed by atoms with Gasteiger partial charge < -0.3 is 21.0 Å². The van der Waals surface area contributed by atoms with Crippen molar-refractivity contribution in [3.8, 4) is 5.75 Å². The minimum Gasteiger partial charge on any atom is -0.508 e. The summed E-state index contributed by atoms with van der Waals surface area (Å²) >= 11 is 0. The molecule has 200 valence electrons. The summed E-state index contributed by atoms with van der Waals surface area (Å²) < 4.78 is 4.85. The Kier molecular flexibility index (Phi) is 8.48. The number of nitrogens with one attached hydrogen (secondary N) is 2. The topological polar surface area (TPSA) is 125 Å². The number of ketones is 1. The van der Waals surface area contributed by atoms with Crippen LogP contribution in [0.15, 0.2) is 48.4 Å². The van der Waals surface area contributed by atoms with Crippen LogP contribution >= 0.6 is 0 Å². The Hall–Kier alpha value is -3.19. The maximum atomic E-state index is 14.1. The van der Waals surface area contributed by atoms with Gasteiger partial charge in [-0.15, -0.1) is 0 Å². The number of hydrogen-bond acceptors (Lipinski definition) is 6. The highest BCUT2D eigenvalue weighted by atomic mass is 16.6. The van der Waals surface area contributed by atoms with Gasteiger partial charge in [0.25, 0.3) is 0 Å². The predicted molar refractivity (Wildman–Crippen MR) is 147 cm³/mol. The molecule has 0 unspecified atom stereocenters. The number of Topliss-reactive ketones (excluding diaryl/α,β-unsaturated/α-hetero) is 1. The molecule has 3 rings (SSSR count). The average Bonchev–Trinajstić information content (AvgIpc) is 2.79. The van der Waals surface area contributed by atoms with Crippen molar-refractivity contribution in [2.24, 2.45) is 34.3 Å². The number of amides is 1. The number of hydrogen-bond donors (Lipinski definition) is 4. The Labute approximate surface area is 220 Å². The van der Waals surface area contributed by atoms with E-state index in [2.05, 4.69) is 39.6 Å².